The number of nitrogens with two attached hydrogens (primary N) is 1. The van der Waals surface area contributed by atoms with Gasteiger partial charge in [-0.3, -0.25) is 19.2 Å². The Balaban J connectivity index is 2.93. The molecule has 0 heterocycles. The van der Waals surface area contributed by atoms with Crippen molar-refractivity contribution in [2.75, 3.05) is 6.61 Å². The van der Waals surface area contributed by atoms with Crippen molar-refractivity contribution in [1.82, 2.24) is 0 Å². The van der Waals surface area contributed by atoms with E-state index in [1.54, 1.807) is 13.0 Å². The van der Waals surface area contributed by atoms with Gasteiger partial charge in [0.1, 0.15) is 18.8 Å². The molecule has 0 saturated heterocycles. The highest BCUT2D eigenvalue weighted by Crippen LogP contribution is 2.30. The number of hydrogen-bond acceptors (Lipinski definition) is 9. The smallest absolute Gasteiger partial charge is 0.323 e. The van der Waals surface area contributed by atoms with E-state index in [1.165, 1.54) is 19.1 Å². The van der Waals surface area contributed by atoms with Gasteiger partial charge in [-0.25, -0.2) is 0 Å². The molecular weight excluding hydrogens is 454 g/mol. The first-order valence-electron chi connectivity index (χ1n) is 12.0. The summed E-state index contributed by atoms with van der Waals surface area (Å²) >= 11 is 0. The molecule has 0 bridgehead atoms. The summed E-state index contributed by atoms with van der Waals surface area (Å²) in [6.45, 7) is 10.8. The normalized spacial score (nSPS) is 12.7. The van der Waals surface area contributed by atoms with Crippen molar-refractivity contribution in [3.63, 3.8) is 0 Å². The highest BCUT2D eigenvalue weighted by atomic mass is 16.6. The van der Waals surface area contributed by atoms with E-state index in [1.807, 2.05) is 27.7 Å². The Hall–Kier alpha value is -2.94. The van der Waals surface area contributed by atoms with Gasteiger partial charge in [0, 0.05) is 19.8 Å². The predicted molar refractivity (Wildman–Crippen MR) is 130 cm³/mol. The van der Waals surface area contributed by atoms with E-state index < -0.39 is 36.0 Å². The van der Waals surface area contributed by atoms with Crippen LogP contribution >= 0.6 is 0 Å². The molecule has 0 aliphatic carbocycles. The van der Waals surface area contributed by atoms with Crippen molar-refractivity contribution >= 4 is 23.9 Å². The molecule has 1 rings (SSSR count). The Morgan fingerprint density at radius 3 is 1.91 bits per heavy atom. The molecule has 0 spiro atoms. The van der Waals surface area contributed by atoms with E-state index in [0.29, 0.717) is 30.2 Å². The molecule has 35 heavy (non-hydrogen) atoms. The van der Waals surface area contributed by atoms with Crippen molar-refractivity contribution < 1.29 is 38.1 Å². The van der Waals surface area contributed by atoms with E-state index in [2.05, 4.69) is 0 Å². The van der Waals surface area contributed by atoms with Gasteiger partial charge < -0.3 is 24.7 Å². The van der Waals surface area contributed by atoms with Gasteiger partial charge in [-0.05, 0) is 55.7 Å². The first-order valence-corrected chi connectivity index (χ1v) is 12.0. The van der Waals surface area contributed by atoms with Crippen molar-refractivity contribution in [1.29, 1.82) is 0 Å². The summed E-state index contributed by atoms with van der Waals surface area (Å²) in [5.41, 5.74) is 6.59. The third-order valence-corrected chi connectivity index (χ3v) is 4.90. The molecule has 1 aromatic carbocycles. The number of ether oxygens (including phenoxy) is 4. The van der Waals surface area contributed by atoms with Gasteiger partial charge in [0.25, 0.3) is 0 Å². The van der Waals surface area contributed by atoms with Gasteiger partial charge >= 0.3 is 23.9 Å². The van der Waals surface area contributed by atoms with Crippen LogP contribution in [-0.2, 0) is 35.1 Å². The Morgan fingerprint density at radius 2 is 1.40 bits per heavy atom. The van der Waals surface area contributed by atoms with Gasteiger partial charge in [0.05, 0.1) is 0 Å². The predicted octanol–water partition coefficient (Wildman–Crippen LogP) is 3.73. The van der Waals surface area contributed by atoms with Crippen LogP contribution in [0.1, 0.15) is 72.8 Å². The maximum absolute atomic E-state index is 12.3. The Kier molecular flexibility index (Phi) is 13.0. The van der Waals surface area contributed by atoms with Crippen LogP contribution in [0.5, 0.6) is 11.5 Å². The van der Waals surface area contributed by atoms with Crippen molar-refractivity contribution in [2.24, 2.45) is 17.6 Å². The molecule has 0 saturated carbocycles. The zero-order valence-electron chi connectivity index (χ0n) is 21.6. The number of rotatable bonds is 14. The first-order chi connectivity index (χ1) is 16.4. The zero-order valence-corrected chi connectivity index (χ0v) is 21.6. The minimum absolute atomic E-state index is 0.0683. The largest absolute Gasteiger partial charge is 0.462 e. The molecule has 0 aliphatic heterocycles. The highest BCUT2D eigenvalue weighted by molar-refractivity contribution is 5.77. The van der Waals surface area contributed by atoms with Crippen molar-refractivity contribution in [3.05, 3.63) is 23.8 Å². The van der Waals surface area contributed by atoms with Crippen molar-refractivity contribution in [2.45, 2.75) is 85.8 Å². The van der Waals surface area contributed by atoms with Crippen molar-refractivity contribution in [3.8, 4) is 11.5 Å². The number of hydrogen-bond donors (Lipinski definition) is 1. The van der Waals surface area contributed by atoms with Gasteiger partial charge in [0.15, 0.2) is 11.5 Å². The molecule has 0 unspecified atom stereocenters. The van der Waals surface area contributed by atoms with E-state index in [9.17, 15) is 19.2 Å². The van der Waals surface area contributed by atoms with Crippen LogP contribution in [0, 0.1) is 11.8 Å². The Morgan fingerprint density at radius 1 is 0.857 bits per heavy atom. The second kappa shape index (κ2) is 15.1. The van der Waals surface area contributed by atoms with Gasteiger partial charge in [-0.15, -0.1) is 0 Å². The zero-order chi connectivity index (χ0) is 26.5. The van der Waals surface area contributed by atoms with Gasteiger partial charge in [-0.2, -0.15) is 0 Å². The third-order valence-electron chi connectivity index (χ3n) is 4.90. The van der Waals surface area contributed by atoms with E-state index in [-0.39, 0.29) is 37.4 Å². The number of carbonyl (C=O) groups is 4. The Labute approximate surface area is 207 Å². The third kappa shape index (κ3) is 12.9. The summed E-state index contributed by atoms with van der Waals surface area (Å²) in [7, 11) is 0. The second-order valence-electron chi connectivity index (χ2n) is 9.45. The SMILES string of the molecule is CC(=O)OC[C@@H](C)OC(=O)[C@@H](N)Cc1ccc(OC(=O)CCC(C)C)c(OC(=O)CCC(C)C)c1. The summed E-state index contributed by atoms with van der Waals surface area (Å²) in [5, 5.41) is 0. The second-order valence-corrected chi connectivity index (χ2v) is 9.45. The van der Waals surface area contributed by atoms with Crippen LogP contribution in [0.2, 0.25) is 0 Å². The fraction of sp³-hybridized carbons (Fsp3) is 0.615. The summed E-state index contributed by atoms with van der Waals surface area (Å²) in [6, 6.07) is 3.70. The Bertz CT molecular complexity index is 865. The highest BCUT2D eigenvalue weighted by Gasteiger charge is 2.21. The molecule has 9 heteroatoms. The summed E-state index contributed by atoms with van der Waals surface area (Å²) in [5.74, 6) is -1.11. The average molecular weight is 494 g/mol. The molecule has 0 fully saturated rings. The molecule has 0 amide bonds. The number of benzene rings is 1. The summed E-state index contributed by atoms with van der Waals surface area (Å²) in [4.78, 5) is 47.8. The number of carbonyl (C=O) groups excluding carboxylic acids is 4. The van der Waals surface area contributed by atoms with Crippen LogP contribution in [-0.4, -0.2) is 42.6 Å². The molecule has 2 atom stereocenters. The minimum Gasteiger partial charge on any atom is -0.462 e. The molecule has 0 radical (unpaired) electrons. The quantitative estimate of drug-likeness (QED) is 0.304. The van der Waals surface area contributed by atoms with Crippen LogP contribution in [0.3, 0.4) is 0 Å². The van der Waals surface area contributed by atoms with Crippen LogP contribution < -0.4 is 15.2 Å². The first kappa shape index (κ1) is 30.1. The van der Waals surface area contributed by atoms with E-state index >= 15 is 0 Å². The number of esters is 4. The standard InChI is InChI=1S/C26H39NO8/c1-16(2)7-11-24(29)34-22-10-9-20(14-23(22)35-25(30)12-8-17(3)4)13-21(27)26(31)33-18(5)15-32-19(6)28/h9-10,14,16-18,21H,7-8,11-13,15,27H2,1-6H3/t18-,21+/m1/s1. The van der Waals surface area contributed by atoms with Gasteiger partial charge in [0.2, 0.25) is 0 Å². The van der Waals surface area contributed by atoms with Crippen LogP contribution in [0.25, 0.3) is 0 Å². The topological polar surface area (TPSA) is 131 Å². The lowest BCUT2D eigenvalue weighted by molar-refractivity contribution is -0.157. The molecular formula is C26H39NO8. The lowest BCUT2D eigenvalue weighted by atomic mass is 10.1. The molecule has 196 valence electrons. The molecule has 1 aromatic rings. The van der Waals surface area contributed by atoms with E-state index in [4.69, 9.17) is 24.7 Å². The van der Waals surface area contributed by atoms with Gasteiger partial charge in [-0.1, -0.05) is 33.8 Å². The maximum Gasteiger partial charge on any atom is 0.323 e. The lowest BCUT2D eigenvalue weighted by Gasteiger charge is -2.17. The molecule has 9 nitrogen and oxygen atoms in total. The van der Waals surface area contributed by atoms with E-state index in [0.717, 1.165) is 0 Å². The lowest BCUT2D eigenvalue weighted by Crippen LogP contribution is -2.37. The fourth-order valence-corrected chi connectivity index (χ4v) is 2.90. The maximum atomic E-state index is 12.3. The molecule has 0 aromatic heterocycles. The summed E-state index contributed by atoms with van der Waals surface area (Å²) in [6.07, 6.45) is 1.23. The molecule has 0 aliphatic rings. The summed E-state index contributed by atoms with van der Waals surface area (Å²) < 4.78 is 21.0. The van der Waals surface area contributed by atoms with Crippen LogP contribution in [0.15, 0.2) is 18.2 Å². The fourth-order valence-electron chi connectivity index (χ4n) is 2.90. The van der Waals surface area contributed by atoms with Crippen LogP contribution in [0.4, 0.5) is 0 Å². The average Bonchev–Trinajstić information content (AvgIpc) is 2.76. The minimum atomic E-state index is -1.00. The molecule has 2 N–H and O–H groups in total. The monoisotopic (exact) mass is 493 g/mol.